The maximum absolute atomic E-state index is 10.5. The van der Waals surface area contributed by atoms with Gasteiger partial charge in [-0.2, -0.15) is 0 Å². The van der Waals surface area contributed by atoms with E-state index in [1.807, 2.05) is 35.9 Å². The van der Waals surface area contributed by atoms with E-state index in [-0.39, 0.29) is 0 Å². The highest BCUT2D eigenvalue weighted by molar-refractivity contribution is 9.10. The molecule has 2 aromatic rings. The van der Waals surface area contributed by atoms with Gasteiger partial charge in [0.2, 0.25) is 0 Å². The fourth-order valence-electron chi connectivity index (χ4n) is 1.61. The molecule has 0 bridgehead atoms. The molecule has 4 nitrogen and oxygen atoms in total. The third kappa shape index (κ3) is 2.68. The van der Waals surface area contributed by atoms with Crippen molar-refractivity contribution < 1.29 is 9.90 Å². The molecule has 0 aliphatic heterocycles. The number of carboxylic acids is 1. The van der Waals surface area contributed by atoms with Crippen LogP contribution in [0.2, 0.25) is 0 Å². The third-order valence-corrected chi connectivity index (χ3v) is 3.18. The van der Waals surface area contributed by atoms with Gasteiger partial charge in [-0.25, -0.2) is 9.78 Å². The molecule has 0 radical (unpaired) electrons. The van der Waals surface area contributed by atoms with Crippen LogP contribution < -0.4 is 0 Å². The van der Waals surface area contributed by atoms with E-state index in [2.05, 4.69) is 20.9 Å². The topological polar surface area (TPSA) is 55.1 Å². The van der Waals surface area contributed by atoms with E-state index in [0.717, 1.165) is 27.6 Å². The van der Waals surface area contributed by atoms with E-state index < -0.39 is 5.97 Å². The molecule has 0 saturated heterocycles. The van der Waals surface area contributed by atoms with Gasteiger partial charge in [0.05, 0.1) is 0 Å². The fourth-order valence-corrected chi connectivity index (χ4v) is 2.11. The number of aliphatic carboxylic acids is 1. The summed E-state index contributed by atoms with van der Waals surface area (Å²) in [6.07, 6.45) is 6.28. The first-order valence-electron chi connectivity index (χ1n) is 5.29. The van der Waals surface area contributed by atoms with E-state index in [0.29, 0.717) is 0 Å². The number of imidazole rings is 1. The van der Waals surface area contributed by atoms with Crippen molar-refractivity contribution in [2.45, 2.75) is 6.92 Å². The average molecular weight is 307 g/mol. The van der Waals surface area contributed by atoms with Crippen LogP contribution in [-0.2, 0) is 4.79 Å². The van der Waals surface area contributed by atoms with E-state index in [1.165, 1.54) is 0 Å². The summed E-state index contributed by atoms with van der Waals surface area (Å²) in [5.74, 6) is -0.0628. The minimum atomic E-state index is -0.962. The van der Waals surface area contributed by atoms with Crippen molar-refractivity contribution in [1.82, 2.24) is 9.55 Å². The molecule has 1 aromatic heterocycles. The monoisotopic (exact) mass is 306 g/mol. The average Bonchev–Trinajstić information content (AvgIpc) is 2.73. The zero-order valence-corrected chi connectivity index (χ0v) is 11.3. The first-order valence-corrected chi connectivity index (χ1v) is 6.08. The summed E-state index contributed by atoms with van der Waals surface area (Å²) in [7, 11) is 0. The summed E-state index contributed by atoms with van der Waals surface area (Å²) in [6.45, 7) is 1.92. The Morgan fingerprint density at radius 2 is 2.28 bits per heavy atom. The number of halogens is 1. The van der Waals surface area contributed by atoms with Gasteiger partial charge in [0.1, 0.15) is 5.82 Å². The van der Waals surface area contributed by atoms with Crippen LogP contribution in [-0.4, -0.2) is 20.6 Å². The Morgan fingerprint density at radius 3 is 2.83 bits per heavy atom. The summed E-state index contributed by atoms with van der Waals surface area (Å²) in [6, 6.07) is 5.70. The van der Waals surface area contributed by atoms with Gasteiger partial charge >= 0.3 is 5.97 Å². The van der Waals surface area contributed by atoms with Crippen molar-refractivity contribution in [3.05, 3.63) is 52.5 Å². The molecule has 0 atom stereocenters. The van der Waals surface area contributed by atoms with Crippen LogP contribution in [0.3, 0.4) is 0 Å². The van der Waals surface area contributed by atoms with Gasteiger partial charge in [0, 0.05) is 28.6 Å². The maximum Gasteiger partial charge on any atom is 0.328 e. The Balaban J connectivity index is 2.36. The highest BCUT2D eigenvalue weighted by atomic mass is 79.9. The zero-order valence-electron chi connectivity index (χ0n) is 9.67. The second kappa shape index (κ2) is 5.18. The Kier molecular flexibility index (Phi) is 3.62. The van der Waals surface area contributed by atoms with Gasteiger partial charge in [0.15, 0.2) is 0 Å². The molecule has 18 heavy (non-hydrogen) atoms. The predicted molar refractivity (Wildman–Crippen MR) is 72.7 cm³/mol. The molecule has 0 unspecified atom stereocenters. The van der Waals surface area contributed by atoms with Gasteiger partial charge in [-0.05, 0) is 30.7 Å². The lowest BCUT2D eigenvalue weighted by Gasteiger charge is -2.07. The van der Waals surface area contributed by atoms with E-state index in [9.17, 15) is 4.79 Å². The molecular formula is C13H11BrN2O2. The molecule has 1 aromatic carbocycles. The van der Waals surface area contributed by atoms with Gasteiger partial charge in [-0.3, -0.25) is 0 Å². The Labute approximate surface area is 113 Å². The van der Waals surface area contributed by atoms with Crippen molar-refractivity contribution in [2.24, 2.45) is 0 Å². The van der Waals surface area contributed by atoms with E-state index >= 15 is 0 Å². The minimum absolute atomic E-state index is 0.818. The summed E-state index contributed by atoms with van der Waals surface area (Å²) >= 11 is 3.43. The molecule has 0 amide bonds. The number of hydrogen-bond acceptors (Lipinski definition) is 2. The van der Waals surface area contributed by atoms with Gasteiger partial charge < -0.3 is 9.67 Å². The van der Waals surface area contributed by atoms with Crippen LogP contribution in [0.15, 0.2) is 41.1 Å². The fraction of sp³-hybridized carbons (Fsp3) is 0.0769. The van der Waals surface area contributed by atoms with Crippen LogP contribution >= 0.6 is 15.9 Å². The van der Waals surface area contributed by atoms with Crippen molar-refractivity contribution in [3.63, 3.8) is 0 Å². The summed E-state index contributed by atoms with van der Waals surface area (Å²) in [4.78, 5) is 14.6. The number of carboxylic acid groups (broad SMARTS) is 1. The Hall–Kier alpha value is -1.88. The van der Waals surface area contributed by atoms with Gasteiger partial charge in [-0.15, -0.1) is 0 Å². The van der Waals surface area contributed by atoms with Crippen molar-refractivity contribution in [2.75, 3.05) is 0 Å². The molecule has 1 heterocycles. The highest BCUT2D eigenvalue weighted by Gasteiger charge is 2.03. The number of aromatic nitrogens is 2. The lowest BCUT2D eigenvalue weighted by Crippen LogP contribution is -1.95. The smallest absolute Gasteiger partial charge is 0.328 e. The lowest BCUT2D eigenvalue weighted by atomic mass is 10.2. The summed E-state index contributed by atoms with van der Waals surface area (Å²) < 4.78 is 2.79. The molecule has 0 spiro atoms. The normalized spacial score (nSPS) is 11.0. The number of hydrogen-bond donors (Lipinski definition) is 1. The molecule has 0 aliphatic rings. The maximum atomic E-state index is 10.5. The highest BCUT2D eigenvalue weighted by Crippen LogP contribution is 2.22. The van der Waals surface area contributed by atoms with Gasteiger partial charge in [-0.1, -0.05) is 22.0 Å². The zero-order chi connectivity index (χ0) is 13.1. The molecular weight excluding hydrogens is 296 g/mol. The first kappa shape index (κ1) is 12.6. The quantitative estimate of drug-likeness (QED) is 0.887. The lowest BCUT2D eigenvalue weighted by molar-refractivity contribution is -0.131. The molecule has 0 saturated carbocycles. The van der Waals surface area contributed by atoms with Crippen molar-refractivity contribution in [1.29, 1.82) is 0 Å². The summed E-state index contributed by atoms with van der Waals surface area (Å²) in [5.41, 5.74) is 1.79. The Bertz CT molecular complexity index is 617. The minimum Gasteiger partial charge on any atom is -0.478 e. The van der Waals surface area contributed by atoms with Crippen LogP contribution in [0, 0.1) is 6.92 Å². The van der Waals surface area contributed by atoms with E-state index in [1.54, 1.807) is 12.3 Å². The van der Waals surface area contributed by atoms with Crippen LogP contribution in [0.4, 0.5) is 0 Å². The molecule has 0 fully saturated rings. The van der Waals surface area contributed by atoms with Crippen molar-refractivity contribution in [3.8, 4) is 5.69 Å². The standard InChI is InChI=1S/C13H11BrN2O2/c1-9-15-6-7-16(9)11-4-2-10(12(14)8-11)3-5-13(17)18/h2-8H,1H3,(H,17,18)/b5-3+. The van der Waals surface area contributed by atoms with Crippen LogP contribution in [0.5, 0.6) is 0 Å². The number of nitrogens with zero attached hydrogens (tertiary/aromatic N) is 2. The third-order valence-electron chi connectivity index (χ3n) is 2.49. The SMILES string of the molecule is Cc1nccn1-c1ccc(/C=C/C(=O)O)c(Br)c1. The second-order valence-electron chi connectivity index (χ2n) is 3.72. The van der Waals surface area contributed by atoms with Crippen molar-refractivity contribution >= 4 is 28.0 Å². The number of carbonyl (C=O) groups is 1. The number of benzene rings is 1. The molecule has 0 aliphatic carbocycles. The molecule has 5 heteroatoms. The first-order chi connectivity index (χ1) is 8.58. The van der Waals surface area contributed by atoms with Crippen LogP contribution in [0.25, 0.3) is 11.8 Å². The number of rotatable bonds is 3. The molecule has 1 N–H and O–H groups in total. The number of aryl methyl sites for hydroxylation is 1. The van der Waals surface area contributed by atoms with Crippen LogP contribution in [0.1, 0.15) is 11.4 Å². The molecule has 2 rings (SSSR count). The Morgan fingerprint density at radius 1 is 1.50 bits per heavy atom. The second-order valence-corrected chi connectivity index (χ2v) is 4.58. The largest absolute Gasteiger partial charge is 0.478 e. The molecule has 92 valence electrons. The van der Waals surface area contributed by atoms with E-state index in [4.69, 9.17) is 5.11 Å². The van der Waals surface area contributed by atoms with Gasteiger partial charge in [0.25, 0.3) is 0 Å². The predicted octanol–water partition coefficient (Wildman–Crippen LogP) is 3.04. The summed E-state index contributed by atoms with van der Waals surface area (Å²) in [5, 5.41) is 8.59.